The molecule has 0 saturated carbocycles. The van der Waals surface area contributed by atoms with Gasteiger partial charge in [0.15, 0.2) is 0 Å². The molecule has 4 aromatic rings. The zero-order valence-corrected chi connectivity index (χ0v) is 15.6. The first kappa shape index (κ1) is 17.9. The molecule has 0 spiro atoms. The van der Waals surface area contributed by atoms with E-state index < -0.39 is 21.6 Å². The summed E-state index contributed by atoms with van der Waals surface area (Å²) >= 11 is 1.14. The molecule has 0 atom stereocenters. The van der Waals surface area contributed by atoms with E-state index in [4.69, 9.17) is 0 Å². The standard InChI is InChI=1S/C16H12N6O4S2/c23-14(20-16-21-17-8-27-16)10-3-1-2-4-11(10)22-28(25,26)9-5-6-12-13(7-9)19-15(24)18-12/h1-8,22H,(H2,18,19,24)(H,20,21,23). The molecule has 1 amide bonds. The molecular formula is C16H12N6O4S2. The molecule has 28 heavy (non-hydrogen) atoms. The van der Waals surface area contributed by atoms with Gasteiger partial charge in [-0.1, -0.05) is 23.5 Å². The first-order valence-electron chi connectivity index (χ1n) is 7.84. The van der Waals surface area contributed by atoms with Gasteiger partial charge >= 0.3 is 5.69 Å². The van der Waals surface area contributed by atoms with Crippen LogP contribution in [-0.2, 0) is 10.0 Å². The Kier molecular flexibility index (Phi) is 4.41. The van der Waals surface area contributed by atoms with Gasteiger partial charge in [-0.3, -0.25) is 14.8 Å². The van der Waals surface area contributed by atoms with E-state index in [1.807, 2.05) is 0 Å². The Bertz CT molecular complexity index is 1320. The maximum Gasteiger partial charge on any atom is 0.323 e. The van der Waals surface area contributed by atoms with Crippen LogP contribution >= 0.6 is 11.3 Å². The van der Waals surface area contributed by atoms with Crippen LogP contribution in [0.1, 0.15) is 10.4 Å². The van der Waals surface area contributed by atoms with Gasteiger partial charge in [0, 0.05) is 0 Å². The number of carbonyl (C=O) groups excluding carboxylic acids is 1. The maximum absolute atomic E-state index is 12.8. The molecular weight excluding hydrogens is 404 g/mol. The lowest BCUT2D eigenvalue weighted by Gasteiger charge is -2.12. The van der Waals surface area contributed by atoms with E-state index in [1.54, 1.807) is 12.1 Å². The van der Waals surface area contributed by atoms with Crippen LogP contribution in [0.15, 0.2) is 57.7 Å². The summed E-state index contributed by atoms with van der Waals surface area (Å²) in [4.78, 5) is 28.8. The number of imidazole rings is 1. The topological polar surface area (TPSA) is 150 Å². The second kappa shape index (κ2) is 6.90. The molecule has 142 valence electrons. The molecule has 0 saturated heterocycles. The number of para-hydroxylation sites is 1. The van der Waals surface area contributed by atoms with E-state index >= 15 is 0 Å². The summed E-state index contributed by atoms with van der Waals surface area (Å²) in [5.41, 5.74) is 2.10. The number of carbonyl (C=O) groups is 1. The van der Waals surface area contributed by atoms with Crippen LogP contribution in [0.3, 0.4) is 0 Å². The Morgan fingerprint density at radius 3 is 2.64 bits per heavy atom. The first-order chi connectivity index (χ1) is 13.4. The van der Waals surface area contributed by atoms with E-state index in [1.165, 1.54) is 35.8 Å². The Hall–Kier alpha value is -3.51. The first-order valence-corrected chi connectivity index (χ1v) is 10.2. The van der Waals surface area contributed by atoms with Gasteiger partial charge in [0.05, 0.1) is 27.2 Å². The minimum atomic E-state index is -4.00. The number of aromatic nitrogens is 4. The number of sulfonamides is 1. The van der Waals surface area contributed by atoms with Crippen molar-refractivity contribution in [1.29, 1.82) is 0 Å². The number of fused-ring (bicyclic) bond motifs is 1. The number of rotatable bonds is 5. The Labute approximate surface area is 161 Å². The zero-order chi connectivity index (χ0) is 19.7. The molecule has 0 fully saturated rings. The predicted octanol–water partition coefficient (Wildman–Crippen LogP) is 1.76. The van der Waals surface area contributed by atoms with E-state index in [-0.39, 0.29) is 16.1 Å². The number of H-pyrrole nitrogens is 2. The van der Waals surface area contributed by atoms with Crippen molar-refractivity contribution in [3.8, 4) is 0 Å². The highest BCUT2D eigenvalue weighted by Gasteiger charge is 2.20. The second-order valence-electron chi connectivity index (χ2n) is 5.64. The average Bonchev–Trinajstić information content (AvgIpc) is 3.29. The lowest BCUT2D eigenvalue weighted by Crippen LogP contribution is -2.18. The fraction of sp³-hybridized carbons (Fsp3) is 0. The molecule has 10 nitrogen and oxygen atoms in total. The lowest BCUT2D eigenvalue weighted by molar-refractivity contribution is 0.102. The molecule has 12 heteroatoms. The molecule has 4 N–H and O–H groups in total. The number of nitrogens with one attached hydrogen (secondary N) is 4. The zero-order valence-electron chi connectivity index (χ0n) is 14.0. The minimum absolute atomic E-state index is 0.0606. The number of hydrogen-bond acceptors (Lipinski definition) is 7. The van der Waals surface area contributed by atoms with E-state index in [2.05, 4.69) is 30.2 Å². The van der Waals surface area contributed by atoms with E-state index in [0.717, 1.165) is 11.3 Å². The maximum atomic E-state index is 12.8. The molecule has 4 rings (SSSR count). The quantitative estimate of drug-likeness (QED) is 0.389. The molecule has 0 unspecified atom stereocenters. The van der Waals surface area contributed by atoms with Crippen LogP contribution in [0, 0.1) is 0 Å². The van der Waals surface area contributed by atoms with Gasteiger partial charge in [0.1, 0.15) is 5.51 Å². The van der Waals surface area contributed by atoms with Crippen LogP contribution in [0.4, 0.5) is 10.8 Å². The number of aromatic amines is 2. The van der Waals surface area contributed by atoms with Crippen molar-refractivity contribution in [2.45, 2.75) is 4.90 Å². The molecule has 0 aliphatic carbocycles. The van der Waals surface area contributed by atoms with E-state index in [9.17, 15) is 18.0 Å². The van der Waals surface area contributed by atoms with Crippen molar-refractivity contribution in [1.82, 2.24) is 20.2 Å². The average molecular weight is 416 g/mol. The van der Waals surface area contributed by atoms with Crippen molar-refractivity contribution in [3.63, 3.8) is 0 Å². The highest BCUT2D eigenvalue weighted by Crippen LogP contribution is 2.23. The molecule has 2 aromatic carbocycles. The summed E-state index contributed by atoms with van der Waals surface area (Å²) in [5.74, 6) is -0.527. The largest absolute Gasteiger partial charge is 0.323 e. The highest BCUT2D eigenvalue weighted by molar-refractivity contribution is 7.92. The fourth-order valence-corrected chi connectivity index (χ4v) is 4.09. The summed E-state index contributed by atoms with van der Waals surface area (Å²) < 4.78 is 28.0. The fourth-order valence-electron chi connectivity index (χ4n) is 2.54. The van der Waals surface area contributed by atoms with Crippen molar-refractivity contribution < 1.29 is 13.2 Å². The summed E-state index contributed by atoms with van der Waals surface area (Å²) in [5, 5.41) is 10.2. The Morgan fingerprint density at radius 1 is 1.07 bits per heavy atom. The Balaban J connectivity index is 1.65. The van der Waals surface area contributed by atoms with Crippen LogP contribution in [0.25, 0.3) is 11.0 Å². The summed E-state index contributed by atoms with van der Waals surface area (Å²) in [6.45, 7) is 0. The molecule has 2 aromatic heterocycles. The monoisotopic (exact) mass is 416 g/mol. The minimum Gasteiger partial charge on any atom is -0.306 e. The Morgan fingerprint density at radius 2 is 1.86 bits per heavy atom. The molecule has 0 radical (unpaired) electrons. The summed E-state index contributed by atoms with van der Waals surface area (Å²) in [7, 11) is -4.00. The van der Waals surface area contributed by atoms with Crippen molar-refractivity contribution in [3.05, 3.63) is 64.0 Å². The number of benzene rings is 2. The van der Waals surface area contributed by atoms with Gasteiger partial charge in [-0.2, -0.15) is 0 Å². The van der Waals surface area contributed by atoms with Crippen molar-refractivity contribution in [2.75, 3.05) is 10.0 Å². The third-order valence-electron chi connectivity index (χ3n) is 3.79. The number of nitrogens with zero attached hydrogens (tertiary/aromatic N) is 2. The van der Waals surface area contributed by atoms with Crippen molar-refractivity contribution >= 4 is 49.1 Å². The number of hydrogen-bond donors (Lipinski definition) is 4. The normalized spacial score (nSPS) is 11.4. The molecule has 0 bridgehead atoms. The van der Waals surface area contributed by atoms with Gasteiger partial charge in [0.2, 0.25) is 5.13 Å². The lowest BCUT2D eigenvalue weighted by atomic mass is 10.2. The molecule has 0 aliphatic rings. The van der Waals surface area contributed by atoms with Gasteiger partial charge in [-0.05, 0) is 30.3 Å². The van der Waals surface area contributed by atoms with Crippen molar-refractivity contribution in [2.24, 2.45) is 0 Å². The van der Waals surface area contributed by atoms with Gasteiger partial charge < -0.3 is 9.97 Å². The molecule has 0 aliphatic heterocycles. The smallest absolute Gasteiger partial charge is 0.306 e. The summed E-state index contributed by atoms with van der Waals surface area (Å²) in [6.07, 6.45) is 0. The summed E-state index contributed by atoms with van der Waals surface area (Å²) in [6, 6.07) is 10.4. The van der Waals surface area contributed by atoms with Gasteiger partial charge in [-0.25, -0.2) is 13.2 Å². The predicted molar refractivity (Wildman–Crippen MR) is 104 cm³/mol. The van der Waals surface area contributed by atoms with Crippen LogP contribution in [0.2, 0.25) is 0 Å². The third-order valence-corrected chi connectivity index (χ3v) is 5.76. The van der Waals surface area contributed by atoms with Crippen LogP contribution in [0.5, 0.6) is 0 Å². The SMILES string of the molecule is O=C(Nc1nncs1)c1ccccc1NS(=O)(=O)c1ccc2[nH]c(=O)[nH]c2c1. The van der Waals surface area contributed by atoms with E-state index in [0.29, 0.717) is 16.2 Å². The second-order valence-corrected chi connectivity index (χ2v) is 8.15. The van der Waals surface area contributed by atoms with Crippen LogP contribution < -0.4 is 15.7 Å². The molecule has 2 heterocycles. The van der Waals surface area contributed by atoms with Crippen LogP contribution in [-0.4, -0.2) is 34.5 Å². The number of amides is 1. The highest BCUT2D eigenvalue weighted by atomic mass is 32.2. The number of anilines is 2. The van der Waals surface area contributed by atoms with Gasteiger partial charge in [0.25, 0.3) is 15.9 Å². The third kappa shape index (κ3) is 3.50. The van der Waals surface area contributed by atoms with Gasteiger partial charge in [-0.15, -0.1) is 10.2 Å².